The number of alkyl carbamates (subject to hydrolysis) is 1. The Morgan fingerprint density at radius 3 is 2.29 bits per heavy atom. The van der Waals surface area contributed by atoms with Gasteiger partial charge in [0, 0.05) is 6.07 Å². The van der Waals surface area contributed by atoms with Crippen molar-refractivity contribution in [2.75, 3.05) is 0 Å². The fourth-order valence-electron chi connectivity index (χ4n) is 1.80. The molecule has 0 aliphatic rings. The van der Waals surface area contributed by atoms with Gasteiger partial charge < -0.3 is 14.8 Å². The van der Waals surface area contributed by atoms with E-state index >= 15 is 0 Å². The first-order valence-electron chi connectivity index (χ1n) is 7.46. The van der Waals surface area contributed by atoms with Gasteiger partial charge in [-0.2, -0.15) is 0 Å². The lowest BCUT2D eigenvalue weighted by Gasteiger charge is -2.24. The van der Waals surface area contributed by atoms with Gasteiger partial charge in [-0.05, 0) is 32.8 Å². The van der Waals surface area contributed by atoms with Gasteiger partial charge >= 0.3 is 17.7 Å². The summed E-state index contributed by atoms with van der Waals surface area (Å²) in [6.07, 6.45) is -0.763. The molecule has 1 amide bonds. The van der Waals surface area contributed by atoms with Gasteiger partial charge in [-0.1, -0.05) is 26.0 Å². The summed E-state index contributed by atoms with van der Waals surface area (Å²) in [4.78, 5) is 34.5. The molecule has 0 unspecified atom stereocenters. The number of hydrogen-bond acceptors (Lipinski definition) is 6. The lowest BCUT2D eigenvalue weighted by molar-refractivity contribution is -0.385. The van der Waals surface area contributed by atoms with Crippen LogP contribution in [0.1, 0.15) is 34.6 Å². The Labute approximate surface area is 140 Å². The Balaban J connectivity index is 2.89. The Kier molecular flexibility index (Phi) is 6.27. The molecule has 0 aromatic heterocycles. The zero-order chi connectivity index (χ0) is 18.5. The number of nitro groups is 1. The van der Waals surface area contributed by atoms with Crippen LogP contribution in [0.4, 0.5) is 10.5 Å². The standard InChI is InChI=1S/C16H22N2O6/c1-10(2)13(17-15(20)24-16(3,4)5)14(19)23-12-9-7-6-8-11(12)18(21)22/h6-10,13H,1-5H3,(H,17,20)/t13-/m1/s1. The minimum atomic E-state index is -1.00. The molecule has 0 saturated heterocycles. The van der Waals surface area contributed by atoms with Gasteiger partial charge in [-0.15, -0.1) is 0 Å². The first kappa shape index (κ1) is 19.4. The quantitative estimate of drug-likeness (QED) is 0.382. The second-order valence-electron chi connectivity index (χ2n) is 6.51. The topological polar surface area (TPSA) is 108 Å². The van der Waals surface area contributed by atoms with Crippen LogP contribution < -0.4 is 10.1 Å². The van der Waals surface area contributed by atoms with Crippen LogP contribution in [0.5, 0.6) is 5.75 Å². The number of nitrogens with one attached hydrogen (secondary N) is 1. The molecule has 1 N–H and O–H groups in total. The molecule has 1 atom stereocenters. The molecule has 1 aromatic carbocycles. The van der Waals surface area contributed by atoms with Crippen LogP contribution >= 0.6 is 0 Å². The predicted octanol–water partition coefficient (Wildman–Crippen LogP) is 3.05. The average molecular weight is 338 g/mol. The number of nitro benzene ring substituents is 1. The zero-order valence-corrected chi connectivity index (χ0v) is 14.4. The lowest BCUT2D eigenvalue weighted by Crippen LogP contribution is -2.48. The van der Waals surface area contributed by atoms with E-state index in [2.05, 4.69) is 5.32 Å². The summed E-state index contributed by atoms with van der Waals surface area (Å²) >= 11 is 0. The highest BCUT2D eigenvalue weighted by Gasteiger charge is 2.30. The minimum Gasteiger partial charge on any atom is -0.444 e. The molecule has 0 fully saturated rings. The molecular weight excluding hydrogens is 316 g/mol. The molecule has 8 heteroatoms. The summed E-state index contributed by atoms with van der Waals surface area (Å²) in [5.74, 6) is -1.28. The number of carbonyl (C=O) groups excluding carboxylic acids is 2. The van der Waals surface area contributed by atoms with Crippen LogP contribution in [0.15, 0.2) is 24.3 Å². The summed E-state index contributed by atoms with van der Waals surface area (Å²) in [5, 5.41) is 13.4. The summed E-state index contributed by atoms with van der Waals surface area (Å²) in [6.45, 7) is 8.51. The van der Waals surface area contributed by atoms with Crippen LogP contribution in [-0.4, -0.2) is 28.6 Å². The maximum atomic E-state index is 12.3. The lowest BCUT2D eigenvalue weighted by atomic mass is 10.1. The Hall–Kier alpha value is -2.64. The third-order valence-electron chi connectivity index (χ3n) is 2.87. The van der Waals surface area contributed by atoms with Crippen molar-refractivity contribution in [3.8, 4) is 5.75 Å². The maximum absolute atomic E-state index is 12.3. The number of carbonyl (C=O) groups is 2. The molecule has 24 heavy (non-hydrogen) atoms. The van der Waals surface area contributed by atoms with E-state index in [1.807, 2.05) is 0 Å². The first-order chi connectivity index (χ1) is 11.0. The molecule has 0 bridgehead atoms. The molecule has 1 aromatic rings. The Morgan fingerprint density at radius 2 is 1.79 bits per heavy atom. The van der Waals surface area contributed by atoms with Crippen molar-refractivity contribution in [1.82, 2.24) is 5.32 Å². The molecule has 1 rings (SSSR count). The van der Waals surface area contributed by atoms with E-state index in [0.29, 0.717) is 0 Å². The van der Waals surface area contributed by atoms with Crippen LogP contribution in [-0.2, 0) is 9.53 Å². The largest absolute Gasteiger partial charge is 0.444 e. The molecule has 0 spiro atoms. The number of amides is 1. The van der Waals surface area contributed by atoms with Crippen LogP contribution in [0, 0.1) is 16.0 Å². The van der Waals surface area contributed by atoms with Crippen molar-refractivity contribution < 1.29 is 24.0 Å². The highest BCUT2D eigenvalue weighted by molar-refractivity contribution is 5.83. The van der Waals surface area contributed by atoms with E-state index in [4.69, 9.17) is 9.47 Å². The SMILES string of the molecule is CC(C)[C@@H](NC(=O)OC(C)(C)C)C(=O)Oc1ccccc1[N+](=O)[O-]. The van der Waals surface area contributed by atoms with Crippen molar-refractivity contribution in [2.24, 2.45) is 5.92 Å². The Bertz CT molecular complexity index is 621. The number of rotatable bonds is 5. The molecular formula is C16H22N2O6. The van der Waals surface area contributed by atoms with Crippen molar-refractivity contribution >= 4 is 17.7 Å². The van der Waals surface area contributed by atoms with Gasteiger partial charge in [-0.3, -0.25) is 10.1 Å². The number of hydrogen-bond donors (Lipinski definition) is 1. The van der Waals surface area contributed by atoms with Crippen molar-refractivity contribution in [3.63, 3.8) is 0 Å². The van der Waals surface area contributed by atoms with Gasteiger partial charge in [0.1, 0.15) is 11.6 Å². The highest BCUT2D eigenvalue weighted by atomic mass is 16.6. The van der Waals surface area contributed by atoms with Crippen molar-refractivity contribution in [1.29, 1.82) is 0 Å². The molecule has 8 nitrogen and oxygen atoms in total. The number of esters is 1. The maximum Gasteiger partial charge on any atom is 0.408 e. The molecule has 132 valence electrons. The number of benzene rings is 1. The third kappa shape index (κ3) is 5.86. The van der Waals surface area contributed by atoms with Gasteiger partial charge in [0.05, 0.1) is 4.92 Å². The summed E-state index contributed by atoms with van der Waals surface area (Å²) in [5.41, 5.74) is -1.04. The fourth-order valence-corrected chi connectivity index (χ4v) is 1.80. The first-order valence-corrected chi connectivity index (χ1v) is 7.46. The summed E-state index contributed by atoms with van der Waals surface area (Å²) < 4.78 is 10.2. The molecule has 0 aliphatic carbocycles. The van der Waals surface area contributed by atoms with E-state index in [0.717, 1.165) is 0 Å². The van der Waals surface area contributed by atoms with Crippen molar-refractivity contribution in [3.05, 3.63) is 34.4 Å². The van der Waals surface area contributed by atoms with Crippen molar-refractivity contribution in [2.45, 2.75) is 46.3 Å². The average Bonchev–Trinajstić information content (AvgIpc) is 2.42. The molecule has 0 heterocycles. The third-order valence-corrected chi connectivity index (χ3v) is 2.87. The molecule has 0 saturated carbocycles. The van der Waals surface area contributed by atoms with Crippen LogP contribution in [0.3, 0.4) is 0 Å². The normalized spacial score (nSPS) is 12.4. The number of para-hydroxylation sites is 2. The van der Waals surface area contributed by atoms with Gasteiger partial charge in [0.2, 0.25) is 5.75 Å². The minimum absolute atomic E-state index is 0.177. The Morgan fingerprint density at radius 1 is 1.21 bits per heavy atom. The highest BCUT2D eigenvalue weighted by Crippen LogP contribution is 2.26. The van der Waals surface area contributed by atoms with E-state index < -0.39 is 28.6 Å². The van der Waals surface area contributed by atoms with Gasteiger partial charge in [0.15, 0.2) is 0 Å². The summed E-state index contributed by atoms with van der Waals surface area (Å²) in [6, 6.07) is 4.53. The number of nitrogens with zero attached hydrogens (tertiary/aromatic N) is 1. The smallest absolute Gasteiger partial charge is 0.408 e. The predicted molar refractivity (Wildman–Crippen MR) is 86.7 cm³/mol. The van der Waals surface area contributed by atoms with E-state index in [1.165, 1.54) is 24.3 Å². The molecule has 0 radical (unpaired) electrons. The van der Waals surface area contributed by atoms with Crippen LogP contribution in [0.2, 0.25) is 0 Å². The van der Waals surface area contributed by atoms with E-state index in [1.54, 1.807) is 34.6 Å². The number of ether oxygens (including phenoxy) is 2. The second kappa shape index (κ2) is 7.76. The van der Waals surface area contributed by atoms with E-state index in [9.17, 15) is 19.7 Å². The monoisotopic (exact) mass is 338 g/mol. The van der Waals surface area contributed by atoms with Gasteiger partial charge in [0.25, 0.3) is 0 Å². The van der Waals surface area contributed by atoms with Gasteiger partial charge in [-0.25, -0.2) is 9.59 Å². The van der Waals surface area contributed by atoms with Crippen LogP contribution in [0.25, 0.3) is 0 Å². The summed E-state index contributed by atoms with van der Waals surface area (Å²) in [7, 11) is 0. The van der Waals surface area contributed by atoms with E-state index in [-0.39, 0.29) is 17.4 Å². The second-order valence-corrected chi connectivity index (χ2v) is 6.51. The fraction of sp³-hybridized carbons (Fsp3) is 0.500. The molecule has 0 aliphatic heterocycles. The zero-order valence-electron chi connectivity index (χ0n) is 14.4.